The summed E-state index contributed by atoms with van der Waals surface area (Å²) in [5.74, 6) is -0.520. The van der Waals surface area contributed by atoms with Crippen molar-refractivity contribution in [2.45, 2.75) is 0 Å². The minimum absolute atomic E-state index is 0.365. The van der Waals surface area contributed by atoms with Crippen LogP contribution in [0.2, 0.25) is 0 Å². The first-order valence-corrected chi connectivity index (χ1v) is 6.93. The van der Waals surface area contributed by atoms with Crippen molar-refractivity contribution in [3.63, 3.8) is 0 Å². The van der Waals surface area contributed by atoms with Crippen molar-refractivity contribution >= 4 is 28.5 Å². The highest BCUT2D eigenvalue weighted by atomic mass is 32.1. The van der Waals surface area contributed by atoms with E-state index in [4.69, 9.17) is 4.84 Å². The minimum Gasteiger partial charge on any atom is -0.334 e. The van der Waals surface area contributed by atoms with Crippen LogP contribution in [0.3, 0.4) is 0 Å². The van der Waals surface area contributed by atoms with Crippen molar-refractivity contribution in [1.82, 2.24) is 15.4 Å². The molecule has 1 saturated heterocycles. The first-order valence-electron chi connectivity index (χ1n) is 6.05. The van der Waals surface area contributed by atoms with Gasteiger partial charge in [0.05, 0.1) is 18.7 Å². The fraction of sp³-hybridized carbons (Fsp3) is 0.250. The Morgan fingerprint density at radius 3 is 3.10 bits per heavy atom. The molecule has 7 nitrogen and oxygen atoms in total. The van der Waals surface area contributed by atoms with E-state index >= 15 is 0 Å². The van der Waals surface area contributed by atoms with Gasteiger partial charge in [0, 0.05) is 24.3 Å². The fourth-order valence-corrected chi connectivity index (χ4v) is 2.50. The number of thiazole rings is 1. The summed E-state index contributed by atoms with van der Waals surface area (Å²) in [7, 11) is 0. The largest absolute Gasteiger partial charge is 0.361 e. The van der Waals surface area contributed by atoms with Crippen LogP contribution >= 0.6 is 11.3 Å². The second kappa shape index (κ2) is 5.33. The number of amides is 2. The summed E-state index contributed by atoms with van der Waals surface area (Å²) in [6, 6.07) is -0.387. The number of hydrogen-bond acceptors (Lipinski definition) is 6. The lowest BCUT2D eigenvalue weighted by Gasteiger charge is -2.22. The van der Waals surface area contributed by atoms with Crippen LogP contribution in [0.5, 0.6) is 0 Å². The van der Waals surface area contributed by atoms with Crippen molar-refractivity contribution in [2.75, 3.05) is 24.5 Å². The average molecular weight is 292 g/mol. The van der Waals surface area contributed by atoms with Crippen molar-refractivity contribution in [2.24, 2.45) is 0 Å². The summed E-state index contributed by atoms with van der Waals surface area (Å²) in [4.78, 5) is 34.5. The third-order valence-corrected chi connectivity index (χ3v) is 3.65. The lowest BCUT2D eigenvalue weighted by atomic mass is 10.2. The minimum atomic E-state index is -0.520. The molecule has 1 aromatic heterocycles. The van der Waals surface area contributed by atoms with Gasteiger partial charge < -0.3 is 15.1 Å². The standard InChI is InChI=1S/C12H12N4O3S/c17-10(19-16-6-3-13-11(16)18)9-2-1-5-15(8-9)12-14-4-7-20-12/h1-2,4-5,7H,3,6,8H2,(H,13,18). The van der Waals surface area contributed by atoms with E-state index in [2.05, 4.69) is 10.3 Å². The molecule has 0 atom stereocenters. The van der Waals surface area contributed by atoms with Gasteiger partial charge in [-0.3, -0.25) is 0 Å². The van der Waals surface area contributed by atoms with E-state index in [9.17, 15) is 9.59 Å². The van der Waals surface area contributed by atoms with Crippen LogP contribution in [-0.4, -0.2) is 41.7 Å². The summed E-state index contributed by atoms with van der Waals surface area (Å²) in [6.45, 7) is 1.22. The third-order valence-electron chi connectivity index (χ3n) is 2.84. The topological polar surface area (TPSA) is 74.8 Å². The Labute approximate surface area is 119 Å². The van der Waals surface area contributed by atoms with Gasteiger partial charge in [-0.2, -0.15) is 5.06 Å². The molecule has 3 rings (SSSR count). The van der Waals surface area contributed by atoms with E-state index in [1.54, 1.807) is 18.3 Å². The van der Waals surface area contributed by atoms with Crippen LogP contribution in [0.1, 0.15) is 0 Å². The summed E-state index contributed by atoms with van der Waals surface area (Å²) < 4.78 is 0. The smallest absolute Gasteiger partial charge is 0.334 e. The zero-order valence-electron chi connectivity index (χ0n) is 10.5. The number of aromatic nitrogens is 1. The van der Waals surface area contributed by atoms with Crippen LogP contribution in [0, 0.1) is 0 Å². The van der Waals surface area contributed by atoms with E-state index in [0.717, 1.165) is 10.2 Å². The number of hydrogen-bond donors (Lipinski definition) is 1. The molecule has 2 amide bonds. The Bertz CT molecular complexity index is 582. The second-order valence-corrected chi connectivity index (χ2v) is 5.06. The SMILES string of the molecule is O=C(ON1CCNC1=O)C1=CC=CN(c2nccs2)C1. The number of allylic oxidation sites excluding steroid dienone is 2. The molecule has 1 fully saturated rings. The van der Waals surface area contributed by atoms with E-state index < -0.39 is 5.97 Å². The predicted octanol–water partition coefficient (Wildman–Crippen LogP) is 0.887. The molecule has 2 aliphatic rings. The molecule has 1 aromatic rings. The van der Waals surface area contributed by atoms with Gasteiger partial charge in [-0.1, -0.05) is 0 Å². The molecule has 0 unspecified atom stereocenters. The third kappa shape index (κ3) is 2.50. The second-order valence-electron chi connectivity index (χ2n) is 4.19. The maximum atomic E-state index is 12.0. The highest BCUT2D eigenvalue weighted by molar-refractivity contribution is 7.13. The van der Waals surface area contributed by atoms with E-state index in [1.165, 1.54) is 11.3 Å². The van der Waals surface area contributed by atoms with Crippen LogP contribution < -0.4 is 10.2 Å². The number of nitrogens with zero attached hydrogens (tertiary/aromatic N) is 3. The van der Waals surface area contributed by atoms with Crippen LogP contribution in [0.15, 0.2) is 35.5 Å². The zero-order chi connectivity index (χ0) is 13.9. The number of carbonyl (C=O) groups is 2. The molecule has 0 aromatic carbocycles. The molecule has 0 saturated carbocycles. The van der Waals surface area contributed by atoms with Gasteiger partial charge in [0.25, 0.3) is 0 Å². The van der Waals surface area contributed by atoms with Gasteiger partial charge in [-0.15, -0.1) is 11.3 Å². The van der Waals surface area contributed by atoms with E-state index in [1.807, 2.05) is 16.5 Å². The Kier molecular flexibility index (Phi) is 3.38. The van der Waals surface area contributed by atoms with Gasteiger partial charge in [-0.05, 0) is 12.2 Å². The molecular weight excluding hydrogens is 280 g/mol. The molecule has 0 spiro atoms. The number of nitrogens with one attached hydrogen (secondary N) is 1. The van der Waals surface area contributed by atoms with E-state index in [-0.39, 0.29) is 6.03 Å². The van der Waals surface area contributed by atoms with Gasteiger partial charge in [0.15, 0.2) is 5.13 Å². The molecule has 20 heavy (non-hydrogen) atoms. The summed E-state index contributed by atoms with van der Waals surface area (Å²) in [5.41, 5.74) is 0.474. The number of rotatable bonds is 3. The number of anilines is 1. The van der Waals surface area contributed by atoms with Crippen molar-refractivity contribution in [3.05, 3.63) is 35.5 Å². The van der Waals surface area contributed by atoms with Crippen LogP contribution in [0.4, 0.5) is 9.93 Å². The van der Waals surface area contributed by atoms with Crippen molar-refractivity contribution in [3.8, 4) is 0 Å². The Balaban J connectivity index is 1.65. The fourth-order valence-electron chi connectivity index (χ4n) is 1.87. The highest BCUT2D eigenvalue weighted by Crippen LogP contribution is 2.21. The van der Waals surface area contributed by atoms with Gasteiger partial charge in [0.1, 0.15) is 0 Å². The van der Waals surface area contributed by atoms with Gasteiger partial charge >= 0.3 is 12.0 Å². The van der Waals surface area contributed by atoms with Crippen LogP contribution in [-0.2, 0) is 9.63 Å². The van der Waals surface area contributed by atoms with Crippen molar-refractivity contribution in [1.29, 1.82) is 0 Å². The highest BCUT2D eigenvalue weighted by Gasteiger charge is 2.26. The maximum absolute atomic E-state index is 12.0. The quantitative estimate of drug-likeness (QED) is 0.895. The van der Waals surface area contributed by atoms with Crippen molar-refractivity contribution < 1.29 is 14.4 Å². The predicted molar refractivity (Wildman–Crippen MR) is 72.9 cm³/mol. The van der Waals surface area contributed by atoms with Gasteiger partial charge in [-0.25, -0.2) is 14.6 Å². The summed E-state index contributed by atoms with van der Waals surface area (Å²) in [5, 5.41) is 6.28. The first kappa shape index (κ1) is 12.7. The number of carbonyl (C=O) groups excluding carboxylic acids is 2. The lowest BCUT2D eigenvalue weighted by molar-refractivity contribution is -0.168. The van der Waals surface area contributed by atoms with E-state index in [0.29, 0.717) is 25.2 Å². The molecule has 104 valence electrons. The summed E-state index contributed by atoms with van der Waals surface area (Å²) in [6.07, 6.45) is 6.99. The Hall–Kier alpha value is -2.35. The molecule has 2 aliphatic heterocycles. The average Bonchev–Trinajstić information content (AvgIpc) is 3.12. The maximum Gasteiger partial charge on any atom is 0.361 e. The van der Waals surface area contributed by atoms with Gasteiger partial charge in [0.2, 0.25) is 0 Å². The molecule has 0 radical (unpaired) electrons. The molecule has 3 heterocycles. The first-order chi connectivity index (χ1) is 9.74. The summed E-state index contributed by atoms with van der Waals surface area (Å²) >= 11 is 1.49. The Morgan fingerprint density at radius 2 is 2.40 bits per heavy atom. The molecule has 0 bridgehead atoms. The molecule has 8 heteroatoms. The zero-order valence-corrected chi connectivity index (χ0v) is 11.3. The van der Waals surface area contributed by atoms with Crippen LogP contribution in [0.25, 0.3) is 0 Å². The molecule has 0 aliphatic carbocycles. The monoisotopic (exact) mass is 292 g/mol. The number of hydroxylamine groups is 2. The number of urea groups is 1. The lowest BCUT2D eigenvalue weighted by Crippen LogP contribution is -2.34. The molecular formula is C12H12N4O3S. The normalized spacial score (nSPS) is 18.0. The Morgan fingerprint density at radius 1 is 1.50 bits per heavy atom. The molecule has 1 N–H and O–H groups in total.